The van der Waals surface area contributed by atoms with E-state index in [9.17, 15) is 0 Å². The van der Waals surface area contributed by atoms with Crippen LogP contribution in [0.5, 0.6) is 0 Å². The summed E-state index contributed by atoms with van der Waals surface area (Å²) in [5.74, 6) is 0. The van der Waals surface area contributed by atoms with Crippen molar-refractivity contribution in [1.82, 2.24) is 10.3 Å². The maximum Gasteiger partial charge on any atom is 0.0897 e. The van der Waals surface area contributed by atoms with Crippen LogP contribution in [0, 0.1) is 6.92 Å². The number of rotatable bonds is 7. The van der Waals surface area contributed by atoms with Gasteiger partial charge in [0, 0.05) is 23.7 Å². The topological polar surface area (TPSA) is 54.4 Å². The van der Waals surface area contributed by atoms with Crippen LogP contribution in [0.1, 0.15) is 22.9 Å². The maximum atomic E-state index is 8.50. The quantitative estimate of drug-likeness (QED) is 0.689. The summed E-state index contributed by atoms with van der Waals surface area (Å²) in [4.78, 5) is 5.45. The molecule has 2 N–H and O–H groups in total. The molecule has 0 bridgehead atoms. The third-order valence-corrected chi connectivity index (χ3v) is 3.09. The molecule has 0 fully saturated rings. The molecule has 5 heteroatoms. The zero-order valence-corrected chi connectivity index (χ0v) is 10.0. The SMILES string of the molecule is Cc1ncc(C(C)NCCOCCO)s1. The van der Waals surface area contributed by atoms with Gasteiger partial charge in [0.1, 0.15) is 0 Å². The van der Waals surface area contributed by atoms with Gasteiger partial charge in [-0.25, -0.2) is 4.98 Å². The molecular weight excluding hydrogens is 212 g/mol. The average molecular weight is 230 g/mol. The van der Waals surface area contributed by atoms with E-state index in [2.05, 4.69) is 17.2 Å². The Morgan fingerprint density at radius 3 is 3.00 bits per heavy atom. The highest BCUT2D eigenvalue weighted by Gasteiger charge is 2.06. The molecule has 15 heavy (non-hydrogen) atoms. The molecule has 0 aromatic carbocycles. The Morgan fingerprint density at radius 2 is 2.40 bits per heavy atom. The van der Waals surface area contributed by atoms with Gasteiger partial charge in [0.2, 0.25) is 0 Å². The fraction of sp³-hybridized carbons (Fsp3) is 0.700. The van der Waals surface area contributed by atoms with Gasteiger partial charge in [-0.05, 0) is 13.8 Å². The van der Waals surface area contributed by atoms with Gasteiger partial charge in [-0.15, -0.1) is 11.3 Å². The van der Waals surface area contributed by atoms with Gasteiger partial charge in [0.25, 0.3) is 0 Å². The normalized spacial score (nSPS) is 13.0. The maximum absolute atomic E-state index is 8.50. The molecule has 0 spiro atoms. The molecule has 0 aliphatic rings. The van der Waals surface area contributed by atoms with Crippen molar-refractivity contribution in [3.8, 4) is 0 Å². The Hall–Kier alpha value is -0.490. The predicted molar refractivity (Wildman–Crippen MR) is 61.2 cm³/mol. The Bertz CT molecular complexity index is 278. The molecule has 0 saturated heterocycles. The summed E-state index contributed by atoms with van der Waals surface area (Å²) in [6, 6.07) is 0.314. The molecule has 1 aromatic heterocycles. The second-order valence-corrected chi connectivity index (χ2v) is 4.56. The van der Waals surface area contributed by atoms with E-state index in [-0.39, 0.29) is 6.61 Å². The number of hydrogen-bond donors (Lipinski definition) is 2. The number of nitrogens with one attached hydrogen (secondary N) is 1. The van der Waals surface area contributed by atoms with Crippen LogP contribution in [0.4, 0.5) is 0 Å². The van der Waals surface area contributed by atoms with Gasteiger partial charge in [0.15, 0.2) is 0 Å². The highest BCUT2D eigenvalue weighted by Crippen LogP contribution is 2.19. The molecule has 86 valence electrons. The molecular formula is C10H18N2O2S. The molecule has 0 saturated carbocycles. The van der Waals surface area contributed by atoms with E-state index >= 15 is 0 Å². The van der Waals surface area contributed by atoms with Crippen molar-refractivity contribution in [3.05, 3.63) is 16.1 Å². The molecule has 0 aliphatic heterocycles. The van der Waals surface area contributed by atoms with Crippen LogP contribution in [0.15, 0.2) is 6.20 Å². The van der Waals surface area contributed by atoms with E-state index in [1.807, 2.05) is 13.1 Å². The highest BCUT2D eigenvalue weighted by atomic mass is 32.1. The number of ether oxygens (including phenoxy) is 1. The van der Waals surface area contributed by atoms with E-state index in [0.29, 0.717) is 19.3 Å². The molecule has 1 heterocycles. The van der Waals surface area contributed by atoms with Crippen LogP contribution in [-0.2, 0) is 4.74 Å². The zero-order valence-electron chi connectivity index (χ0n) is 9.19. The summed E-state index contributed by atoms with van der Waals surface area (Å²) in [6.45, 7) is 6.03. The van der Waals surface area contributed by atoms with Gasteiger partial charge >= 0.3 is 0 Å². The zero-order chi connectivity index (χ0) is 11.1. The first-order valence-corrected chi connectivity index (χ1v) is 5.90. The average Bonchev–Trinajstić information content (AvgIpc) is 2.64. The molecule has 0 aliphatic carbocycles. The largest absolute Gasteiger partial charge is 0.394 e. The lowest BCUT2D eigenvalue weighted by molar-refractivity contribution is 0.0929. The van der Waals surface area contributed by atoms with E-state index in [4.69, 9.17) is 9.84 Å². The number of thiazole rings is 1. The minimum absolute atomic E-state index is 0.0869. The molecule has 1 atom stereocenters. The third-order valence-electron chi connectivity index (χ3n) is 2.00. The van der Waals surface area contributed by atoms with Crippen LogP contribution in [0.3, 0.4) is 0 Å². The van der Waals surface area contributed by atoms with Crippen molar-refractivity contribution in [3.63, 3.8) is 0 Å². The van der Waals surface area contributed by atoms with Crippen LogP contribution in [0.2, 0.25) is 0 Å². The number of aryl methyl sites for hydroxylation is 1. The van der Waals surface area contributed by atoms with Crippen molar-refractivity contribution in [2.45, 2.75) is 19.9 Å². The van der Waals surface area contributed by atoms with E-state index < -0.39 is 0 Å². The van der Waals surface area contributed by atoms with Crippen molar-refractivity contribution in [2.75, 3.05) is 26.4 Å². The minimum Gasteiger partial charge on any atom is -0.394 e. The first-order chi connectivity index (χ1) is 7.24. The molecule has 1 aromatic rings. The Labute approximate surface area is 94.3 Å². The standard InChI is InChI=1S/C10H18N2O2S/c1-8(10-7-12-9(2)15-10)11-3-5-14-6-4-13/h7-8,11,13H,3-6H2,1-2H3. The first kappa shape index (κ1) is 12.6. The van der Waals surface area contributed by atoms with Gasteiger partial charge in [-0.2, -0.15) is 0 Å². The van der Waals surface area contributed by atoms with E-state index in [1.54, 1.807) is 11.3 Å². The van der Waals surface area contributed by atoms with Crippen LogP contribution in [0.25, 0.3) is 0 Å². The fourth-order valence-corrected chi connectivity index (χ4v) is 2.00. The summed E-state index contributed by atoms with van der Waals surface area (Å²) in [6.07, 6.45) is 1.91. The highest BCUT2D eigenvalue weighted by molar-refractivity contribution is 7.11. The van der Waals surface area contributed by atoms with Crippen molar-refractivity contribution < 1.29 is 9.84 Å². The number of hydrogen-bond acceptors (Lipinski definition) is 5. The molecule has 0 radical (unpaired) electrons. The van der Waals surface area contributed by atoms with Crippen molar-refractivity contribution >= 4 is 11.3 Å². The lowest BCUT2D eigenvalue weighted by Gasteiger charge is -2.11. The number of aliphatic hydroxyl groups is 1. The number of nitrogens with zero attached hydrogens (tertiary/aromatic N) is 1. The van der Waals surface area contributed by atoms with Crippen molar-refractivity contribution in [1.29, 1.82) is 0 Å². The summed E-state index contributed by atoms with van der Waals surface area (Å²) in [7, 11) is 0. The Morgan fingerprint density at radius 1 is 1.60 bits per heavy atom. The minimum atomic E-state index is 0.0869. The van der Waals surface area contributed by atoms with Crippen LogP contribution in [-0.4, -0.2) is 36.5 Å². The smallest absolute Gasteiger partial charge is 0.0897 e. The lowest BCUT2D eigenvalue weighted by atomic mass is 10.3. The summed E-state index contributed by atoms with van der Waals surface area (Å²) in [5, 5.41) is 12.9. The second kappa shape index (κ2) is 6.90. The monoisotopic (exact) mass is 230 g/mol. The molecule has 4 nitrogen and oxygen atoms in total. The van der Waals surface area contributed by atoms with Gasteiger partial charge in [-0.1, -0.05) is 0 Å². The van der Waals surface area contributed by atoms with Crippen molar-refractivity contribution in [2.24, 2.45) is 0 Å². The van der Waals surface area contributed by atoms with Gasteiger partial charge in [-0.3, -0.25) is 0 Å². The van der Waals surface area contributed by atoms with Crippen LogP contribution < -0.4 is 5.32 Å². The Balaban J connectivity index is 2.16. The summed E-state index contributed by atoms with van der Waals surface area (Å²) in [5.41, 5.74) is 0. The van der Waals surface area contributed by atoms with Crippen LogP contribution >= 0.6 is 11.3 Å². The molecule has 1 unspecified atom stereocenters. The van der Waals surface area contributed by atoms with E-state index in [1.165, 1.54) is 4.88 Å². The molecule has 1 rings (SSSR count). The van der Waals surface area contributed by atoms with E-state index in [0.717, 1.165) is 11.6 Å². The van der Waals surface area contributed by atoms with Gasteiger partial charge in [0.05, 0.1) is 24.8 Å². The second-order valence-electron chi connectivity index (χ2n) is 3.29. The number of aromatic nitrogens is 1. The number of aliphatic hydroxyl groups excluding tert-OH is 1. The van der Waals surface area contributed by atoms with Gasteiger partial charge < -0.3 is 15.2 Å². The third kappa shape index (κ3) is 4.70. The summed E-state index contributed by atoms with van der Waals surface area (Å²) < 4.78 is 5.15. The molecule has 0 amide bonds. The predicted octanol–water partition coefficient (Wildman–Crippen LogP) is 1.11. The lowest BCUT2D eigenvalue weighted by Crippen LogP contribution is -2.23. The summed E-state index contributed by atoms with van der Waals surface area (Å²) >= 11 is 1.71. The first-order valence-electron chi connectivity index (χ1n) is 5.08. The Kier molecular flexibility index (Phi) is 5.78. The fourth-order valence-electron chi connectivity index (χ4n) is 1.19.